The van der Waals surface area contributed by atoms with E-state index in [1.807, 2.05) is 0 Å². The van der Waals surface area contributed by atoms with Crippen LogP contribution >= 0.6 is 0 Å². The molecule has 0 saturated carbocycles. The molecule has 0 aliphatic heterocycles. The monoisotopic (exact) mass is 251 g/mol. The van der Waals surface area contributed by atoms with Crippen molar-refractivity contribution in [1.29, 1.82) is 5.26 Å². The molecule has 0 spiro atoms. The van der Waals surface area contributed by atoms with Gasteiger partial charge >= 0.3 is 11.9 Å². The molecular weight excluding hydrogens is 241 g/mol. The molecule has 0 aromatic heterocycles. The molecule has 2 unspecified atom stereocenters. The summed E-state index contributed by atoms with van der Waals surface area (Å²) in [4.78, 5) is 21.6. The van der Waals surface area contributed by atoms with Crippen LogP contribution in [0.15, 0.2) is 24.3 Å². The molecule has 0 saturated heterocycles. The second-order valence-corrected chi connectivity index (χ2v) is 3.70. The molecule has 0 fully saturated rings. The second kappa shape index (κ2) is 5.77. The average Bonchev–Trinajstić information content (AvgIpc) is 2.27. The fourth-order valence-corrected chi connectivity index (χ4v) is 1.67. The average molecular weight is 251 g/mol. The third kappa shape index (κ3) is 3.28. The lowest BCUT2D eigenvalue weighted by atomic mass is 9.84. The fraction of sp³-hybridized carbons (Fsp3) is 0.250. The molecule has 0 bridgehead atoms. The van der Waals surface area contributed by atoms with Crippen LogP contribution in [0.1, 0.15) is 17.9 Å². The van der Waals surface area contributed by atoms with Gasteiger partial charge in [0.1, 0.15) is 5.82 Å². The minimum absolute atomic E-state index is 0.186. The second-order valence-electron chi connectivity index (χ2n) is 3.70. The van der Waals surface area contributed by atoms with Crippen molar-refractivity contribution < 1.29 is 24.2 Å². The number of carbonyl (C=O) groups is 2. The van der Waals surface area contributed by atoms with Gasteiger partial charge in [0.2, 0.25) is 0 Å². The minimum Gasteiger partial charge on any atom is -0.481 e. The highest BCUT2D eigenvalue weighted by Crippen LogP contribution is 2.28. The van der Waals surface area contributed by atoms with E-state index in [1.165, 1.54) is 18.2 Å². The van der Waals surface area contributed by atoms with E-state index in [2.05, 4.69) is 0 Å². The van der Waals surface area contributed by atoms with Crippen LogP contribution in [-0.2, 0) is 9.59 Å². The first-order valence-electron chi connectivity index (χ1n) is 5.05. The topological polar surface area (TPSA) is 98.4 Å². The van der Waals surface area contributed by atoms with Gasteiger partial charge in [-0.2, -0.15) is 5.26 Å². The number of benzene rings is 1. The van der Waals surface area contributed by atoms with E-state index in [0.717, 1.165) is 12.1 Å². The Morgan fingerprint density at radius 1 is 1.39 bits per heavy atom. The van der Waals surface area contributed by atoms with Gasteiger partial charge in [-0.25, -0.2) is 4.39 Å². The highest BCUT2D eigenvalue weighted by molar-refractivity contribution is 5.76. The third-order valence-electron chi connectivity index (χ3n) is 2.48. The summed E-state index contributed by atoms with van der Waals surface area (Å²) < 4.78 is 13.1. The summed E-state index contributed by atoms with van der Waals surface area (Å²) in [7, 11) is 0. The Morgan fingerprint density at radius 3 is 2.50 bits per heavy atom. The molecule has 18 heavy (non-hydrogen) atoms. The van der Waals surface area contributed by atoms with Crippen molar-refractivity contribution >= 4 is 11.9 Å². The van der Waals surface area contributed by atoms with Crippen LogP contribution in [0.4, 0.5) is 4.39 Å². The number of rotatable bonds is 5. The zero-order valence-corrected chi connectivity index (χ0v) is 9.21. The highest BCUT2D eigenvalue weighted by Gasteiger charge is 2.31. The molecule has 0 aliphatic rings. The van der Waals surface area contributed by atoms with Crippen LogP contribution < -0.4 is 0 Å². The van der Waals surface area contributed by atoms with Crippen molar-refractivity contribution in [1.82, 2.24) is 0 Å². The normalized spacial score (nSPS) is 13.3. The summed E-state index contributed by atoms with van der Waals surface area (Å²) in [5.74, 6) is -5.88. The van der Waals surface area contributed by atoms with E-state index < -0.39 is 36.0 Å². The molecule has 94 valence electrons. The predicted molar refractivity (Wildman–Crippen MR) is 58.1 cm³/mol. The van der Waals surface area contributed by atoms with Crippen LogP contribution in [0.5, 0.6) is 0 Å². The molecule has 0 aliphatic carbocycles. The first kappa shape index (κ1) is 13.6. The molecule has 1 rings (SSSR count). The lowest BCUT2D eigenvalue weighted by molar-refractivity contribution is -0.141. The summed E-state index contributed by atoms with van der Waals surface area (Å²) in [6.07, 6.45) is -0.548. The number of hydrogen-bond donors (Lipinski definition) is 2. The van der Waals surface area contributed by atoms with Crippen LogP contribution in [0, 0.1) is 23.1 Å². The van der Waals surface area contributed by atoms with Gasteiger partial charge in [0.25, 0.3) is 0 Å². The van der Waals surface area contributed by atoms with Gasteiger partial charge in [0.05, 0.1) is 12.5 Å². The van der Waals surface area contributed by atoms with Crippen molar-refractivity contribution in [3.8, 4) is 6.07 Å². The Hall–Kier alpha value is -2.42. The van der Waals surface area contributed by atoms with E-state index >= 15 is 0 Å². The Morgan fingerprint density at radius 2 is 2.06 bits per heavy atom. The predicted octanol–water partition coefficient (Wildman–Crippen LogP) is 1.61. The van der Waals surface area contributed by atoms with Crippen LogP contribution in [-0.4, -0.2) is 22.2 Å². The lowest BCUT2D eigenvalue weighted by Gasteiger charge is -2.17. The summed E-state index contributed by atoms with van der Waals surface area (Å²) >= 11 is 0. The van der Waals surface area contributed by atoms with Crippen molar-refractivity contribution in [2.75, 3.05) is 0 Å². The zero-order valence-electron chi connectivity index (χ0n) is 9.21. The minimum atomic E-state index is -1.53. The first-order valence-corrected chi connectivity index (χ1v) is 5.05. The van der Waals surface area contributed by atoms with Gasteiger partial charge in [0.15, 0.2) is 5.92 Å². The van der Waals surface area contributed by atoms with Crippen molar-refractivity contribution in [2.24, 2.45) is 5.92 Å². The number of hydrogen-bond acceptors (Lipinski definition) is 3. The van der Waals surface area contributed by atoms with E-state index in [-0.39, 0.29) is 5.56 Å². The number of nitrogens with zero attached hydrogens (tertiary/aromatic N) is 1. The molecule has 1 aromatic carbocycles. The van der Waals surface area contributed by atoms with E-state index in [4.69, 9.17) is 15.5 Å². The zero-order chi connectivity index (χ0) is 13.7. The van der Waals surface area contributed by atoms with Gasteiger partial charge in [-0.15, -0.1) is 0 Å². The van der Waals surface area contributed by atoms with Gasteiger partial charge < -0.3 is 10.2 Å². The summed E-state index contributed by atoms with van der Waals surface area (Å²) in [6, 6.07) is 6.49. The van der Waals surface area contributed by atoms with Crippen LogP contribution in [0.3, 0.4) is 0 Å². The molecule has 5 nitrogen and oxygen atoms in total. The summed E-state index contributed by atoms with van der Waals surface area (Å²) in [5.41, 5.74) is 0.186. The Balaban J connectivity index is 3.16. The Bertz CT molecular complexity index is 509. The van der Waals surface area contributed by atoms with Gasteiger partial charge in [-0.1, -0.05) is 12.1 Å². The Labute approximate surface area is 102 Å². The fourth-order valence-electron chi connectivity index (χ4n) is 1.67. The maximum Gasteiger partial charge on any atom is 0.321 e. The highest BCUT2D eigenvalue weighted by atomic mass is 19.1. The van der Waals surface area contributed by atoms with Crippen LogP contribution in [0.25, 0.3) is 0 Å². The first-order chi connectivity index (χ1) is 8.45. The molecule has 1 aromatic rings. The van der Waals surface area contributed by atoms with Gasteiger partial charge in [0, 0.05) is 5.92 Å². The van der Waals surface area contributed by atoms with Crippen molar-refractivity contribution in [3.63, 3.8) is 0 Å². The summed E-state index contributed by atoms with van der Waals surface area (Å²) in [6.45, 7) is 0. The maximum atomic E-state index is 13.1. The number of carboxylic acids is 2. The molecular formula is C12H10FNO4. The number of carboxylic acid groups (broad SMARTS) is 2. The van der Waals surface area contributed by atoms with E-state index in [9.17, 15) is 14.0 Å². The van der Waals surface area contributed by atoms with E-state index in [1.54, 1.807) is 0 Å². The number of nitriles is 1. The lowest BCUT2D eigenvalue weighted by Crippen LogP contribution is -2.23. The van der Waals surface area contributed by atoms with Crippen LogP contribution in [0.2, 0.25) is 0 Å². The van der Waals surface area contributed by atoms with Gasteiger partial charge in [-0.05, 0) is 17.7 Å². The quantitative estimate of drug-likeness (QED) is 0.828. The molecule has 2 N–H and O–H groups in total. The van der Waals surface area contributed by atoms with E-state index in [0.29, 0.717) is 0 Å². The molecule has 2 atom stereocenters. The molecule has 0 amide bonds. The SMILES string of the molecule is N#CC(C(=O)O)C(CC(=O)O)c1cccc(F)c1. The largest absolute Gasteiger partial charge is 0.481 e. The Kier molecular flexibility index (Phi) is 4.38. The molecule has 0 radical (unpaired) electrons. The maximum absolute atomic E-state index is 13.1. The standard InChI is InChI=1S/C12H10FNO4/c13-8-3-1-2-7(4-8)9(5-11(15)16)10(6-14)12(17)18/h1-4,9-10H,5H2,(H,15,16)(H,17,18). The van der Waals surface area contributed by atoms with Crippen molar-refractivity contribution in [2.45, 2.75) is 12.3 Å². The summed E-state index contributed by atoms with van der Waals surface area (Å²) in [5, 5.41) is 26.4. The number of aliphatic carboxylic acids is 2. The van der Waals surface area contributed by atoms with Crippen molar-refractivity contribution in [3.05, 3.63) is 35.6 Å². The molecule has 0 heterocycles. The third-order valence-corrected chi connectivity index (χ3v) is 2.48. The molecule has 6 heteroatoms. The number of halogens is 1. The van der Waals surface area contributed by atoms with Gasteiger partial charge in [-0.3, -0.25) is 9.59 Å². The smallest absolute Gasteiger partial charge is 0.321 e.